The number of nitrogens with one attached hydrogen (secondary N) is 2. The van der Waals surface area contributed by atoms with Gasteiger partial charge in [0, 0.05) is 6.54 Å². The molecule has 1 aromatic rings. The number of hydrogen-bond donors (Lipinski definition) is 3. The molecule has 116 valence electrons. The van der Waals surface area contributed by atoms with Gasteiger partial charge in [-0.05, 0) is 38.9 Å². The van der Waals surface area contributed by atoms with Crippen LogP contribution in [0.25, 0.3) is 0 Å². The molecule has 1 aromatic heterocycles. The first-order valence-electron chi connectivity index (χ1n) is 6.18. The Labute approximate surface area is 123 Å². The number of carbonyl (C=O) groups is 1. The van der Waals surface area contributed by atoms with Crippen LogP contribution in [0.4, 0.5) is 0 Å². The second kappa shape index (κ2) is 6.76. The van der Waals surface area contributed by atoms with Crippen molar-refractivity contribution in [2.75, 3.05) is 19.3 Å². The summed E-state index contributed by atoms with van der Waals surface area (Å²) in [7, 11) is -2.06. The van der Waals surface area contributed by atoms with Crippen molar-refractivity contribution in [1.29, 1.82) is 0 Å². The van der Waals surface area contributed by atoms with Crippen molar-refractivity contribution in [2.24, 2.45) is 0 Å². The molecule has 0 spiro atoms. The summed E-state index contributed by atoms with van der Waals surface area (Å²) in [4.78, 5) is 11.7. The summed E-state index contributed by atoms with van der Waals surface area (Å²) in [5, 5.41) is 11.9. The predicted octanol–water partition coefficient (Wildman–Crippen LogP) is -0.319. The predicted molar refractivity (Wildman–Crippen MR) is 77.1 cm³/mol. The smallest absolute Gasteiger partial charge is 0.287 e. The van der Waals surface area contributed by atoms with Crippen LogP contribution in [0.5, 0.6) is 0 Å². The summed E-state index contributed by atoms with van der Waals surface area (Å²) in [5.74, 6) is 4.67. The molecule has 1 amide bonds. The first-order valence-corrected chi connectivity index (χ1v) is 7.83. The van der Waals surface area contributed by atoms with Crippen molar-refractivity contribution in [3.63, 3.8) is 0 Å². The fourth-order valence-corrected chi connectivity index (χ4v) is 1.80. The van der Waals surface area contributed by atoms with E-state index in [2.05, 4.69) is 21.9 Å². The highest BCUT2D eigenvalue weighted by Gasteiger charge is 2.13. The fraction of sp³-hybridized carbons (Fsp3) is 0.462. The molecule has 1 heterocycles. The molecule has 3 N–H and O–H groups in total. The number of furan rings is 1. The van der Waals surface area contributed by atoms with Gasteiger partial charge in [-0.2, -0.15) is 0 Å². The third-order valence-corrected chi connectivity index (χ3v) is 3.65. The maximum absolute atomic E-state index is 11.7. The van der Waals surface area contributed by atoms with E-state index in [0.717, 1.165) is 0 Å². The zero-order valence-corrected chi connectivity index (χ0v) is 12.9. The van der Waals surface area contributed by atoms with Crippen molar-refractivity contribution in [3.05, 3.63) is 23.7 Å². The first-order chi connectivity index (χ1) is 9.63. The van der Waals surface area contributed by atoms with Crippen LogP contribution >= 0.6 is 0 Å². The van der Waals surface area contributed by atoms with E-state index < -0.39 is 21.5 Å². The Morgan fingerprint density at radius 2 is 2.10 bits per heavy atom. The Balaban J connectivity index is 2.60. The summed E-state index contributed by atoms with van der Waals surface area (Å²) < 4.78 is 29.7. The minimum Gasteiger partial charge on any atom is -0.443 e. The van der Waals surface area contributed by atoms with Gasteiger partial charge in [-0.3, -0.25) is 4.79 Å². The van der Waals surface area contributed by atoms with Crippen LogP contribution in [0.3, 0.4) is 0 Å². The minimum atomic E-state index is -3.36. The van der Waals surface area contributed by atoms with E-state index in [9.17, 15) is 18.3 Å². The molecule has 0 aromatic carbocycles. The Bertz CT molecular complexity index is 659. The lowest BCUT2D eigenvalue weighted by Gasteiger charge is -2.05. The molecule has 0 saturated heterocycles. The Morgan fingerprint density at radius 3 is 2.67 bits per heavy atom. The van der Waals surface area contributed by atoms with Gasteiger partial charge in [-0.25, -0.2) is 13.1 Å². The number of carbonyl (C=O) groups excluding carboxylic acids is 1. The molecule has 0 aliphatic carbocycles. The van der Waals surface area contributed by atoms with Crippen LogP contribution in [0, 0.1) is 11.8 Å². The quantitative estimate of drug-likeness (QED) is 0.646. The van der Waals surface area contributed by atoms with E-state index in [-0.39, 0.29) is 23.8 Å². The zero-order valence-electron chi connectivity index (χ0n) is 12.1. The molecule has 21 heavy (non-hydrogen) atoms. The number of rotatable bonds is 5. The van der Waals surface area contributed by atoms with E-state index in [1.807, 2.05) is 0 Å². The van der Waals surface area contributed by atoms with Crippen molar-refractivity contribution < 1.29 is 22.7 Å². The Kier molecular flexibility index (Phi) is 5.54. The van der Waals surface area contributed by atoms with Gasteiger partial charge in [0.2, 0.25) is 10.0 Å². The zero-order chi connectivity index (χ0) is 16.1. The monoisotopic (exact) mass is 314 g/mol. The van der Waals surface area contributed by atoms with Gasteiger partial charge in [0.05, 0.1) is 5.75 Å². The number of amides is 1. The van der Waals surface area contributed by atoms with Gasteiger partial charge >= 0.3 is 0 Å². The van der Waals surface area contributed by atoms with Crippen LogP contribution in [0.2, 0.25) is 0 Å². The van der Waals surface area contributed by atoms with Crippen LogP contribution in [0.15, 0.2) is 16.5 Å². The van der Waals surface area contributed by atoms with Crippen LogP contribution in [-0.4, -0.2) is 44.4 Å². The van der Waals surface area contributed by atoms with Gasteiger partial charge < -0.3 is 14.8 Å². The molecule has 0 unspecified atom stereocenters. The summed E-state index contributed by atoms with van der Waals surface area (Å²) in [6.07, 6.45) is 0. The average molecular weight is 314 g/mol. The standard InChI is InChI=1S/C13H18N2O5S/c1-13(2,17)7-6-10-4-5-11(20-10)12(16)15-8-9-21(18,19)14-3/h4-5,14,17H,8-9H2,1-3H3,(H,15,16). The fourth-order valence-electron chi connectivity index (χ4n) is 1.23. The lowest BCUT2D eigenvalue weighted by molar-refractivity contribution is 0.0928. The van der Waals surface area contributed by atoms with Crippen molar-refractivity contribution in [1.82, 2.24) is 10.0 Å². The molecule has 0 bridgehead atoms. The van der Waals surface area contributed by atoms with Gasteiger partial charge in [0.25, 0.3) is 5.91 Å². The molecule has 0 aliphatic rings. The van der Waals surface area contributed by atoms with Crippen molar-refractivity contribution in [3.8, 4) is 11.8 Å². The van der Waals surface area contributed by atoms with E-state index in [0.29, 0.717) is 0 Å². The summed E-state index contributed by atoms with van der Waals surface area (Å²) in [5.41, 5.74) is -1.16. The Hall–Kier alpha value is -1.82. The lowest BCUT2D eigenvalue weighted by atomic mass is 10.1. The van der Waals surface area contributed by atoms with Gasteiger partial charge in [0.1, 0.15) is 5.60 Å². The topological polar surface area (TPSA) is 109 Å². The lowest BCUT2D eigenvalue weighted by Crippen LogP contribution is -2.32. The van der Waals surface area contributed by atoms with Gasteiger partial charge in [-0.15, -0.1) is 0 Å². The summed E-state index contributed by atoms with van der Waals surface area (Å²) in [6.45, 7) is 3.02. The molecule has 1 rings (SSSR count). The third kappa shape index (κ3) is 6.44. The molecule has 0 radical (unpaired) electrons. The third-order valence-electron chi connectivity index (χ3n) is 2.29. The van der Waals surface area contributed by atoms with E-state index >= 15 is 0 Å². The molecular weight excluding hydrogens is 296 g/mol. The SMILES string of the molecule is CNS(=O)(=O)CCNC(=O)c1ccc(C#CC(C)(C)O)o1. The van der Waals surface area contributed by atoms with E-state index in [4.69, 9.17) is 4.42 Å². The summed E-state index contributed by atoms with van der Waals surface area (Å²) in [6, 6.07) is 2.92. The molecule has 0 aliphatic heterocycles. The van der Waals surface area contributed by atoms with E-state index in [1.54, 1.807) is 0 Å². The number of sulfonamides is 1. The van der Waals surface area contributed by atoms with Crippen LogP contribution in [-0.2, 0) is 10.0 Å². The van der Waals surface area contributed by atoms with Gasteiger partial charge in [-0.1, -0.05) is 5.92 Å². The van der Waals surface area contributed by atoms with Crippen LogP contribution < -0.4 is 10.0 Å². The maximum Gasteiger partial charge on any atom is 0.287 e. The largest absolute Gasteiger partial charge is 0.443 e. The van der Waals surface area contributed by atoms with Crippen molar-refractivity contribution >= 4 is 15.9 Å². The van der Waals surface area contributed by atoms with Crippen LogP contribution in [0.1, 0.15) is 30.2 Å². The average Bonchev–Trinajstić information content (AvgIpc) is 2.84. The molecule has 0 atom stereocenters. The highest BCUT2D eigenvalue weighted by atomic mass is 32.2. The number of hydrogen-bond acceptors (Lipinski definition) is 5. The van der Waals surface area contributed by atoms with Crippen molar-refractivity contribution in [2.45, 2.75) is 19.4 Å². The molecule has 8 heteroatoms. The highest BCUT2D eigenvalue weighted by molar-refractivity contribution is 7.89. The minimum absolute atomic E-state index is 0.0249. The normalized spacial score (nSPS) is 11.6. The summed E-state index contributed by atoms with van der Waals surface area (Å²) >= 11 is 0. The molecular formula is C13H18N2O5S. The molecule has 0 saturated carbocycles. The number of aliphatic hydroxyl groups is 1. The first kappa shape index (κ1) is 17.2. The second-order valence-electron chi connectivity index (χ2n) is 4.75. The van der Waals surface area contributed by atoms with E-state index in [1.165, 1.54) is 33.0 Å². The van der Waals surface area contributed by atoms with Gasteiger partial charge in [0.15, 0.2) is 11.5 Å². The molecule has 7 nitrogen and oxygen atoms in total. The Morgan fingerprint density at radius 1 is 1.43 bits per heavy atom. The second-order valence-corrected chi connectivity index (χ2v) is 6.80. The maximum atomic E-state index is 11.7. The molecule has 0 fully saturated rings. The highest BCUT2D eigenvalue weighted by Crippen LogP contribution is 2.07.